The summed E-state index contributed by atoms with van der Waals surface area (Å²) in [5.74, 6) is -0.0895. The number of rotatable bonds is 8. The van der Waals surface area contributed by atoms with Crippen molar-refractivity contribution in [3.8, 4) is 0 Å². The molecule has 0 bridgehead atoms. The molecule has 1 aliphatic rings. The predicted molar refractivity (Wildman–Crippen MR) is 76.2 cm³/mol. The van der Waals surface area contributed by atoms with Gasteiger partial charge in [0.2, 0.25) is 5.91 Å². The van der Waals surface area contributed by atoms with E-state index in [1.807, 2.05) is 13.8 Å². The normalized spacial score (nSPS) is 26.2. The van der Waals surface area contributed by atoms with Gasteiger partial charge in [0.1, 0.15) is 6.10 Å². The molecule has 3 atom stereocenters. The number of aliphatic hydroxyl groups excluding tert-OH is 1. The number of carbonyl (C=O) groups is 1. The number of carbonyl (C=O) groups excluding carboxylic acids is 1. The Morgan fingerprint density at radius 2 is 2.20 bits per heavy atom. The standard InChI is InChI=1S/C14H26N2O4/c1-10(2)8-15-9-13(18)16-6-7-19-14-12(17)5-4-11(3)20-14/h11-12,14-15,17H,1,4-9H2,2-3H3,(H,16,18)/t11-,12?,14?/m0/s1. The van der Waals surface area contributed by atoms with Gasteiger partial charge in [0.05, 0.1) is 19.3 Å². The Bertz CT molecular complexity index is 322. The highest BCUT2D eigenvalue weighted by molar-refractivity contribution is 5.77. The first-order valence-corrected chi connectivity index (χ1v) is 7.06. The molecule has 1 amide bonds. The van der Waals surface area contributed by atoms with Crippen molar-refractivity contribution < 1.29 is 19.4 Å². The van der Waals surface area contributed by atoms with E-state index in [9.17, 15) is 9.90 Å². The molecule has 1 aliphatic heterocycles. The minimum atomic E-state index is -0.586. The number of ether oxygens (including phenoxy) is 2. The molecule has 3 N–H and O–H groups in total. The second kappa shape index (κ2) is 9.07. The van der Waals surface area contributed by atoms with E-state index in [4.69, 9.17) is 9.47 Å². The lowest BCUT2D eigenvalue weighted by molar-refractivity contribution is -0.235. The third-order valence-electron chi connectivity index (χ3n) is 2.97. The van der Waals surface area contributed by atoms with Crippen molar-refractivity contribution >= 4 is 5.91 Å². The molecule has 1 saturated heterocycles. The predicted octanol–water partition coefficient (Wildman–Crippen LogP) is 0.171. The van der Waals surface area contributed by atoms with Crippen LogP contribution in [0.2, 0.25) is 0 Å². The molecule has 6 nitrogen and oxygen atoms in total. The van der Waals surface area contributed by atoms with E-state index >= 15 is 0 Å². The molecule has 0 aromatic rings. The van der Waals surface area contributed by atoms with Gasteiger partial charge in [0, 0.05) is 13.1 Å². The monoisotopic (exact) mass is 286 g/mol. The fourth-order valence-corrected chi connectivity index (χ4v) is 1.90. The van der Waals surface area contributed by atoms with E-state index in [1.54, 1.807) is 0 Å². The SMILES string of the molecule is C=C(C)CNCC(=O)NCCOC1O[C@@H](C)CCC1O. The first-order valence-electron chi connectivity index (χ1n) is 7.06. The maximum absolute atomic E-state index is 11.5. The van der Waals surface area contributed by atoms with Crippen molar-refractivity contribution in [3.63, 3.8) is 0 Å². The van der Waals surface area contributed by atoms with E-state index in [2.05, 4.69) is 17.2 Å². The lowest BCUT2D eigenvalue weighted by atomic mass is 10.1. The highest BCUT2D eigenvalue weighted by Crippen LogP contribution is 2.19. The third kappa shape index (κ3) is 7.00. The fraction of sp³-hybridized carbons (Fsp3) is 0.786. The van der Waals surface area contributed by atoms with E-state index in [0.29, 0.717) is 26.1 Å². The van der Waals surface area contributed by atoms with Crippen LogP contribution in [0.4, 0.5) is 0 Å². The zero-order valence-electron chi connectivity index (χ0n) is 12.4. The molecule has 6 heteroatoms. The maximum atomic E-state index is 11.5. The van der Waals surface area contributed by atoms with Crippen molar-refractivity contribution in [2.24, 2.45) is 0 Å². The Labute approximate surface area is 120 Å². The highest BCUT2D eigenvalue weighted by Gasteiger charge is 2.28. The summed E-state index contributed by atoms with van der Waals surface area (Å²) in [5.41, 5.74) is 0.985. The number of hydrogen-bond acceptors (Lipinski definition) is 5. The zero-order valence-corrected chi connectivity index (χ0v) is 12.4. The number of aliphatic hydroxyl groups is 1. The molecule has 0 aromatic carbocycles. The average molecular weight is 286 g/mol. The van der Waals surface area contributed by atoms with Gasteiger partial charge in [0.25, 0.3) is 0 Å². The van der Waals surface area contributed by atoms with Crippen LogP contribution in [0, 0.1) is 0 Å². The minimum Gasteiger partial charge on any atom is -0.388 e. The van der Waals surface area contributed by atoms with Gasteiger partial charge in [-0.3, -0.25) is 4.79 Å². The molecular weight excluding hydrogens is 260 g/mol. The molecule has 0 saturated carbocycles. The summed E-state index contributed by atoms with van der Waals surface area (Å²) in [5, 5.41) is 15.4. The van der Waals surface area contributed by atoms with Gasteiger partial charge in [-0.2, -0.15) is 0 Å². The molecule has 0 spiro atoms. The van der Waals surface area contributed by atoms with Crippen LogP contribution >= 0.6 is 0 Å². The molecular formula is C14H26N2O4. The quantitative estimate of drug-likeness (QED) is 0.438. The van der Waals surface area contributed by atoms with Gasteiger partial charge in [-0.25, -0.2) is 0 Å². The molecule has 1 heterocycles. The number of nitrogens with one attached hydrogen (secondary N) is 2. The van der Waals surface area contributed by atoms with Crippen molar-refractivity contribution in [2.75, 3.05) is 26.2 Å². The Hall–Kier alpha value is -0.950. The van der Waals surface area contributed by atoms with Crippen LogP contribution in [0.3, 0.4) is 0 Å². The molecule has 116 valence electrons. The Kier molecular flexibility index (Phi) is 7.76. The van der Waals surface area contributed by atoms with Gasteiger partial charge < -0.3 is 25.2 Å². The smallest absolute Gasteiger partial charge is 0.234 e. The molecule has 1 rings (SSSR count). The summed E-state index contributed by atoms with van der Waals surface area (Å²) in [6, 6.07) is 0. The Morgan fingerprint density at radius 3 is 2.90 bits per heavy atom. The van der Waals surface area contributed by atoms with Gasteiger partial charge in [-0.15, -0.1) is 0 Å². The Balaban J connectivity index is 2.06. The number of amides is 1. The van der Waals surface area contributed by atoms with E-state index in [-0.39, 0.29) is 18.6 Å². The van der Waals surface area contributed by atoms with Gasteiger partial charge in [-0.05, 0) is 26.7 Å². The van der Waals surface area contributed by atoms with Crippen LogP contribution in [-0.4, -0.2) is 55.8 Å². The van der Waals surface area contributed by atoms with Crippen LogP contribution in [0.15, 0.2) is 12.2 Å². The summed E-state index contributed by atoms with van der Waals surface area (Å²) < 4.78 is 10.9. The lowest BCUT2D eigenvalue weighted by Crippen LogP contribution is -2.41. The zero-order chi connectivity index (χ0) is 15.0. The van der Waals surface area contributed by atoms with Crippen LogP contribution in [0.25, 0.3) is 0 Å². The minimum absolute atomic E-state index is 0.0895. The first-order chi connectivity index (χ1) is 9.49. The topological polar surface area (TPSA) is 79.8 Å². The maximum Gasteiger partial charge on any atom is 0.234 e. The summed E-state index contributed by atoms with van der Waals surface area (Å²) >= 11 is 0. The van der Waals surface area contributed by atoms with Gasteiger partial charge in [0.15, 0.2) is 6.29 Å². The number of hydrogen-bond donors (Lipinski definition) is 3. The summed E-state index contributed by atoms with van der Waals surface area (Å²) in [4.78, 5) is 11.5. The van der Waals surface area contributed by atoms with Crippen molar-refractivity contribution in [1.29, 1.82) is 0 Å². The van der Waals surface area contributed by atoms with Crippen LogP contribution in [0.1, 0.15) is 26.7 Å². The summed E-state index contributed by atoms with van der Waals surface area (Å²) in [7, 11) is 0. The molecule has 1 fully saturated rings. The van der Waals surface area contributed by atoms with Crippen molar-refractivity contribution in [1.82, 2.24) is 10.6 Å². The first kappa shape index (κ1) is 17.1. The third-order valence-corrected chi connectivity index (χ3v) is 2.97. The Morgan fingerprint density at radius 1 is 1.45 bits per heavy atom. The summed E-state index contributed by atoms with van der Waals surface area (Å²) in [6.07, 6.45) is 0.454. The second-order valence-electron chi connectivity index (χ2n) is 5.24. The second-order valence-corrected chi connectivity index (χ2v) is 5.24. The van der Waals surface area contributed by atoms with Gasteiger partial charge >= 0.3 is 0 Å². The van der Waals surface area contributed by atoms with Crippen LogP contribution in [0.5, 0.6) is 0 Å². The molecule has 2 unspecified atom stereocenters. The molecule has 0 radical (unpaired) electrons. The fourth-order valence-electron chi connectivity index (χ4n) is 1.90. The average Bonchev–Trinajstić information content (AvgIpc) is 2.38. The largest absolute Gasteiger partial charge is 0.388 e. The van der Waals surface area contributed by atoms with Gasteiger partial charge in [-0.1, -0.05) is 12.2 Å². The van der Waals surface area contributed by atoms with Crippen LogP contribution < -0.4 is 10.6 Å². The van der Waals surface area contributed by atoms with E-state index in [0.717, 1.165) is 12.0 Å². The summed E-state index contributed by atoms with van der Waals surface area (Å²) in [6.45, 7) is 9.20. The van der Waals surface area contributed by atoms with Crippen LogP contribution in [-0.2, 0) is 14.3 Å². The lowest BCUT2D eigenvalue weighted by Gasteiger charge is -2.31. The van der Waals surface area contributed by atoms with Crippen molar-refractivity contribution in [2.45, 2.75) is 45.2 Å². The molecule has 0 aliphatic carbocycles. The van der Waals surface area contributed by atoms with E-state index < -0.39 is 12.4 Å². The molecule has 0 aromatic heterocycles. The highest BCUT2D eigenvalue weighted by atomic mass is 16.7. The van der Waals surface area contributed by atoms with E-state index in [1.165, 1.54) is 0 Å². The molecule has 20 heavy (non-hydrogen) atoms. The van der Waals surface area contributed by atoms with Crippen molar-refractivity contribution in [3.05, 3.63) is 12.2 Å².